The molecule has 0 unspecified atom stereocenters. The summed E-state index contributed by atoms with van der Waals surface area (Å²) in [6.45, 7) is 31.7. The molecule has 0 bridgehead atoms. The van der Waals surface area contributed by atoms with E-state index >= 15 is 0 Å². The predicted molar refractivity (Wildman–Crippen MR) is 277 cm³/mol. The van der Waals surface area contributed by atoms with E-state index in [1.165, 1.54) is 60.0 Å². The van der Waals surface area contributed by atoms with Crippen LogP contribution in [0.15, 0.2) is 109 Å². The summed E-state index contributed by atoms with van der Waals surface area (Å²) in [5.74, 6) is 0.238. The van der Waals surface area contributed by atoms with Crippen molar-refractivity contribution >= 4 is 11.6 Å². The average molecular weight is 977 g/mol. The van der Waals surface area contributed by atoms with Crippen LogP contribution in [0, 0.1) is 68.1 Å². The molecule has 0 fully saturated rings. The molecule has 0 amide bonds. The fourth-order valence-corrected chi connectivity index (χ4v) is 6.18. The summed E-state index contributed by atoms with van der Waals surface area (Å²) in [7, 11) is 0. The van der Waals surface area contributed by atoms with Crippen LogP contribution in [0.25, 0.3) is 0 Å². The molecule has 0 saturated heterocycles. The van der Waals surface area contributed by atoms with E-state index < -0.39 is 29.4 Å². The molecule has 6 rings (SSSR count). The summed E-state index contributed by atoms with van der Waals surface area (Å²) in [6, 6.07) is 33.2. The van der Waals surface area contributed by atoms with Crippen LogP contribution in [0.2, 0.25) is 5.02 Å². The van der Waals surface area contributed by atoms with Crippen molar-refractivity contribution in [2.24, 2.45) is 0 Å². The molecule has 0 aromatic heterocycles. The lowest BCUT2D eigenvalue weighted by atomic mass is 9.98. The zero-order valence-electron chi connectivity index (χ0n) is 43.4. The molecule has 0 atom stereocenters. The van der Waals surface area contributed by atoms with Crippen LogP contribution < -0.4 is 0 Å². The van der Waals surface area contributed by atoms with E-state index in [1.54, 1.807) is 13.0 Å². The molecule has 0 aliphatic heterocycles. The van der Waals surface area contributed by atoms with Gasteiger partial charge in [-0.1, -0.05) is 149 Å². The standard InChI is InChI=1S/C11H13N.C10H13Cl.C10H11F3.C10H12F2.C10H13F.C9H11F/c1-8(2)10-5-4-9(3)11(6-10)7-12;1-7(2)9-5-4-8(3)10(11)6-9;1-6(2)7-3-4-9(11)8(5-7)10(12)13;1-6(2)8-4-9(11)7(3)10(12)5-8;1-7(2)9-5-4-8(3)10(11)6-9;1-7(2)8-3-5-9(10)6-4-8/h4-6,8H,1-3H3;4-7H,1-3H3;3-6,10H,1-2H3;4-6H,1-3H3;4-7H,1-3H3;3-7H,1-2H3. The maximum Gasteiger partial charge on any atom is 0.266 e. The number of rotatable bonds is 7. The fourth-order valence-electron chi connectivity index (χ4n) is 5.99. The maximum absolute atomic E-state index is 13.0. The van der Waals surface area contributed by atoms with E-state index in [9.17, 15) is 30.7 Å². The molecule has 374 valence electrons. The van der Waals surface area contributed by atoms with Gasteiger partial charge in [-0.05, 0) is 168 Å². The van der Waals surface area contributed by atoms with Gasteiger partial charge in [0.25, 0.3) is 6.43 Å². The monoisotopic (exact) mass is 976 g/mol. The number of hydrogen-bond acceptors (Lipinski definition) is 1. The third-order valence-corrected chi connectivity index (χ3v) is 11.6. The Morgan fingerprint density at radius 1 is 0.391 bits per heavy atom. The number of nitriles is 1. The smallest absolute Gasteiger partial charge is 0.207 e. The highest BCUT2D eigenvalue weighted by Gasteiger charge is 2.14. The minimum atomic E-state index is -2.74. The van der Waals surface area contributed by atoms with Crippen LogP contribution in [0.5, 0.6) is 0 Å². The summed E-state index contributed by atoms with van der Waals surface area (Å²) in [5, 5.41) is 9.65. The minimum absolute atomic E-state index is 0.0967. The summed E-state index contributed by atoms with van der Waals surface area (Å²) < 4.78 is 88.5. The van der Waals surface area contributed by atoms with E-state index in [2.05, 4.69) is 79.7 Å². The van der Waals surface area contributed by atoms with Crippen molar-refractivity contribution in [1.29, 1.82) is 5.26 Å². The van der Waals surface area contributed by atoms with E-state index in [4.69, 9.17) is 16.9 Å². The first-order chi connectivity index (χ1) is 32.1. The zero-order chi connectivity index (χ0) is 52.9. The van der Waals surface area contributed by atoms with Gasteiger partial charge in [0, 0.05) is 10.6 Å². The maximum atomic E-state index is 13.0. The van der Waals surface area contributed by atoms with Gasteiger partial charge in [0.15, 0.2) is 0 Å². The van der Waals surface area contributed by atoms with Crippen LogP contribution in [0.1, 0.15) is 192 Å². The van der Waals surface area contributed by atoms with Crippen molar-refractivity contribution in [1.82, 2.24) is 0 Å². The summed E-state index contributed by atoms with van der Waals surface area (Å²) in [4.78, 5) is 0. The van der Waals surface area contributed by atoms with Gasteiger partial charge in [-0.3, -0.25) is 0 Å². The van der Waals surface area contributed by atoms with E-state index in [-0.39, 0.29) is 29.0 Å². The Bertz CT molecular complexity index is 2440. The van der Waals surface area contributed by atoms with Gasteiger partial charge < -0.3 is 0 Å². The number of hydrogen-bond donors (Lipinski definition) is 0. The molecule has 0 heterocycles. The van der Waals surface area contributed by atoms with E-state index in [1.807, 2.05) is 84.0 Å². The summed E-state index contributed by atoms with van der Waals surface area (Å²) in [6.07, 6.45) is -2.74. The predicted octanol–water partition coefficient (Wildman–Crippen LogP) is 20.3. The van der Waals surface area contributed by atoms with Crippen molar-refractivity contribution in [2.75, 3.05) is 0 Å². The van der Waals surface area contributed by atoms with Crippen LogP contribution in [0.4, 0.5) is 30.7 Å². The first-order valence-corrected chi connectivity index (χ1v) is 23.8. The molecule has 1 nitrogen and oxygen atoms in total. The van der Waals surface area contributed by atoms with Crippen LogP contribution in [-0.2, 0) is 0 Å². The molecule has 6 aromatic carbocycles. The molecule has 0 radical (unpaired) electrons. The van der Waals surface area contributed by atoms with Crippen molar-refractivity contribution in [3.05, 3.63) is 210 Å². The topological polar surface area (TPSA) is 23.8 Å². The number of benzene rings is 6. The second-order valence-corrected chi connectivity index (χ2v) is 19.3. The first kappa shape index (κ1) is 61.6. The van der Waals surface area contributed by atoms with Gasteiger partial charge in [-0.2, -0.15) is 5.26 Å². The molecular weight excluding hydrogens is 903 g/mol. The molecule has 9 heteroatoms. The summed E-state index contributed by atoms with van der Waals surface area (Å²) in [5.41, 5.74) is 9.53. The Labute approximate surface area is 414 Å². The SMILES string of the molecule is CC(C)c1ccc(F)c(C(F)F)c1.CC(C)c1ccc(F)cc1.Cc1c(F)cc(C(C)C)cc1F.Cc1ccc(C(C)C)cc1C#N.Cc1ccc(C(C)C)cc1Cl.Cc1ccc(C(C)C)cc1F. The Hall–Kier alpha value is -5.39. The summed E-state index contributed by atoms with van der Waals surface area (Å²) >= 11 is 5.96. The molecule has 0 N–H and O–H groups in total. The van der Waals surface area contributed by atoms with Gasteiger partial charge in [0.2, 0.25) is 0 Å². The Balaban J connectivity index is 0.000000415. The Morgan fingerprint density at radius 2 is 0.754 bits per heavy atom. The second-order valence-electron chi connectivity index (χ2n) is 18.9. The largest absolute Gasteiger partial charge is 0.266 e. The van der Waals surface area contributed by atoms with Crippen LogP contribution in [0.3, 0.4) is 0 Å². The van der Waals surface area contributed by atoms with E-state index in [0.717, 1.165) is 44.5 Å². The number of aryl methyl sites for hydroxylation is 3. The highest BCUT2D eigenvalue weighted by molar-refractivity contribution is 6.31. The first-order valence-electron chi connectivity index (χ1n) is 23.4. The number of halogens is 8. The molecule has 0 saturated carbocycles. The highest BCUT2D eigenvalue weighted by Crippen LogP contribution is 2.27. The van der Waals surface area contributed by atoms with Crippen molar-refractivity contribution in [3.8, 4) is 6.07 Å². The fraction of sp³-hybridized carbons (Fsp3) is 0.383. The van der Waals surface area contributed by atoms with Crippen LogP contribution in [-0.4, -0.2) is 0 Å². The normalized spacial score (nSPS) is 10.6. The Morgan fingerprint density at radius 3 is 1.16 bits per heavy atom. The zero-order valence-corrected chi connectivity index (χ0v) is 44.2. The lowest BCUT2D eigenvalue weighted by molar-refractivity contribution is 0.146. The average Bonchev–Trinajstić information content (AvgIpc) is 3.28. The molecular formula is C60H73ClF7N. The van der Waals surface area contributed by atoms with Gasteiger partial charge in [0.1, 0.15) is 29.1 Å². The second kappa shape index (κ2) is 30.3. The van der Waals surface area contributed by atoms with Gasteiger partial charge in [-0.25, -0.2) is 30.7 Å². The minimum Gasteiger partial charge on any atom is -0.207 e. The molecule has 0 aliphatic rings. The molecule has 69 heavy (non-hydrogen) atoms. The molecule has 0 aliphatic carbocycles. The lowest BCUT2D eigenvalue weighted by Gasteiger charge is -2.08. The third-order valence-electron chi connectivity index (χ3n) is 11.2. The highest BCUT2D eigenvalue weighted by atomic mass is 35.5. The van der Waals surface area contributed by atoms with Crippen molar-refractivity contribution < 1.29 is 30.7 Å². The van der Waals surface area contributed by atoms with Gasteiger partial charge >= 0.3 is 0 Å². The van der Waals surface area contributed by atoms with Crippen molar-refractivity contribution in [2.45, 2.75) is 153 Å². The molecule has 0 spiro atoms. The number of nitrogens with zero attached hydrogens (tertiary/aromatic N) is 1. The number of alkyl halides is 2. The van der Waals surface area contributed by atoms with Gasteiger partial charge in [-0.15, -0.1) is 0 Å². The van der Waals surface area contributed by atoms with Crippen molar-refractivity contribution in [3.63, 3.8) is 0 Å². The van der Waals surface area contributed by atoms with E-state index in [0.29, 0.717) is 29.2 Å². The molecule has 6 aromatic rings. The van der Waals surface area contributed by atoms with Gasteiger partial charge in [0.05, 0.1) is 17.2 Å². The van der Waals surface area contributed by atoms with Crippen LogP contribution >= 0.6 is 11.6 Å². The quantitative estimate of drug-likeness (QED) is 0.146. The lowest BCUT2D eigenvalue weighted by Crippen LogP contribution is -1.95. The Kier molecular flexibility index (Phi) is 27.0. The third kappa shape index (κ3) is 21.8.